The van der Waals surface area contributed by atoms with Gasteiger partial charge >= 0.3 is 12.2 Å². The smallest absolute Gasteiger partial charge is 0.329 e. The molecular formula is C17H18F4N4O. The fourth-order valence-electron chi connectivity index (χ4n) is 3.00. The van der Waals surface area contributed by atoms with E-state index in [1.807, 2.05) is 0 Å². The van der Waals surface area contributed by atoms with Gasteiger partial charge in [0.1, 0.15) is 12.4 Å². The van der Waals surface area contributed by atoms with Gasteiger partial charge in [0, 0.05) is 18.2 Å². The molecule has 0 saturated heterocycles. The molecule has 0 aliphatic heterocycles. The van der Waals surface area contributed by atoms with Crippen molar-refractivity contribution >= 4 is 11.8 Å². The molecule has 1 aliphatic carbocycles. The van der Waals surface area contributed by atoms with E-state index in [4.69, 9.17) is 0 Å². The first kappa shape index (κ1) is 18.2. The molecule has 1 heterocycles. The summed E-state index contributed by atoms with van der Waals surface area (Å²) < 4.78 is 51.5. The lowest BCUT2D eigenvalue weighted by molar-refractivity contribution is -0.122. The number of nitrogens with one attached hydrogen (secondary N) is 2. The Balaban J connectivity index is 1.89. The fourth-order valence-corrected chi connectivity index (χ4v) is 3.00. The molecule has 0 bridgehead atoms. The molecule has 2 aromatic rings. The second-order valence-corrected chi connectivity index (χ2v) is 6.29. The van der Waals surface area contributed by atoms with E-state index < -0.39 is 18.8 Å². The first-order valence-electron chi connectivity index (χ1n) is 8.19. The van der Waals surface area contributed by atoms with Gasteiger partial charge in [-0.05, 0) is 43.0 Å². The first-order valence-corrected chi connectivity index (χ1v) is 8.19. The van der Waals surface area contributed by atoms with Crippen molar-refractivity contribution in [3.63, 3.8) is 0 Å². The molecule has 0 radical (unpaired) electrons. The van der Waals surface area contributed by atoms with Gasteiger partial charge in [0.15, 0.2) is 5.82 Å². The largest absolute Gasteiger partial charge is 0.405 e. The van der Waals surface area contributed by atoms with Crippen LogP contribution < -0.4 is 10.6 Å². The van der Waals surface area contributed by atoms with Gasteiger partial charge in [0.2, 0.25) is 0 Å². The number of carbonyl (C=O) groups is 1. The van der Waals surface area contributed by atoms with Crippen LogP contribution >= 0.6 is 0 Å². The average molecular weight is 370 g/mol. The van der Waals surface area contributed by atoms with E-state index in [9.17, 15) is 22.4 Å². The SMILES string of the molecule is Cn1nc(NC(=O)NCC(F)(F)F)c(C2CCC2)c1-c1ccc(F)cc1. The normalized spacial score (nSPS) is 14.8. The van der Waals surface area contributed by atoms with Crippen molar-refractivity contribution in [2.24, 2.45) is 7.05 Å². The number of nitrogens with zero attached hydrogens (tertiary/aromatic N) is 2. The highest BCUT2D eigenvalue weighted by Gasteiger charge is 2.31. The van der Waals surface area contributed by atoms with Crippen molar-refractivity contribution in [1.29, 1.82) is 0 Å². The van der Waals surface area contributed by atoms with Gasteiger partial charge in [-0.25, -0.2) is 9.18 Å². The van der Waals surface area contributed by atoms with Crippen molar-refractivity contribution in [3.05, 3.63) is 35.6 Å². The summed E-state index contributed by atoms with van der Waals surface area (Å²) in [6.45, 7) is -1.42. The van der Waals surface area contributed by atoms with Crippen LogP contribution in [0, 0.1) is 5.82 Å². The third-order valence-electron chi connectivity index (χ3n) is 4.40. The Kier molecular flexibility index (Phi) is 4.88. The minimum absolute atomic E-state index is 0.154. The molecule has 1 saturated carbocycles. The number of amides is 2. The van der Waals surface area contributed by atoms with Crippen LogP contribution in [-0.4, -0.2) is 28.5 Å². The highest BCUT2D eigenvalue weighted by atomic mass is 19.4. The monoisotopic (exact) mass is 370 g/mol. The molecule has 3 rings (SSSR count). The summed E-state index contributed by atoms with van der Waals surface area (Å²) in [6.07, 6.45) is -1.66. The molecule has 140 valence electrons. The molecule has 5 nitrogen and oxygen atoms in total. The molecule has 1 aromatic heterocycles. The highest BCUT2D eigenvalue weighted by Crippen LogP contribution is 2.44. The number of aryl methyl sites for hydroxylation is 1. The molecule has 9 heteroatoms. The van der Waals surface area contributed by atoms with Crippen molar-refractivity contribution in [2.45, 2.75) is 31.4 Å². The third-order valence-corrected chi connectivity index (χ3v) is 4.40. The zero-order chi connectivity index (χ0) is 18.9. The Labute approximate surface area is 147 Å². The predicted molar refractivity (Wildman–Crippen MR) is 88.3 cm³/mol. The maximum absolute atomic E-state index is 13.2. The van der Waals surface area contributed by atoms with Crippen molar-refractivity contribution in [3.8, 4) is 11.3 Å². The topological polar surface area (TPSA) is 59.0 Å². The molecule has 26 heavy (non-hydrogen) atoms. The number of aromatic nitrogens is 2. The Hall–Kier alpha value is -2.58. The number of rotatable bonds is 4. The number of urea groups is 1. The maximum Gasteiger partial charge on any atom is 0.405 e. The molecule has 0 unspecified atom stereocenters. The van der Waals surface area contributed by atoms with Crippen molar-refractivity contribution in [2.75, 3.05) is 11.9 Å². The number of alkyl halides is 3. The molecule has 1 fully saturated rings. The Morgan fingerprint density at radius 1 is 1.27 bits per heavy atom. The average Bonchev–Trinajstić information content (AvgIpc) is 2.80. The number of hydrogen-bond donors (Lipinski definition) is 2. The summed E-state index contributed by atoms with van der Waals surface area (Å²) >= 11 is 0. The number of benzene rings is 1. The van der Waals surface area contributed by atoms with Gasteiger partial charge in [0.25, 0.3) is 0 Å². The van der Waals surface area contributed by atoms with E-state index in [2.05, 4.69) is 10.4 Å². The number of anilines is 1. The van der Waals surface area contributed by atoms with Crippen LogP contribution in [0.15, 0.2) is 24.3 Å². The van der Waals surface area contributed by atoms with Crippen LogP contribution in [-0.2, 0) is 7.05 Å². The van der Waals surface area contributed by atoms with E-state index in [1.54, 1.807) is 29.2 Å². The summed E-state index contributed by atoms with van der Waals surface area (Å²) in [7, 11) is 1.68. The minimum atomic E-state index is -4.49. The van der Waals surface area contributed by atoms with E-state index in [-0.39, 0.29) is 17.6 Å². The quantitative estimate of drug-likeness (QED) is 0.794. The van der Waals surface area contributed by atoms with Crippen molar-refractivity contribution < 1.29 is 22.4 Å². The van der Waals surface area contributed by atoms with Gasteiger partial charge < -0.3 is 5.32 Å². The number of halogens is 4. The molecule has 0 atom stereocenters. The maximum atomic E-state index is 13.2. The summed E-state index contributed by atoms with van der Waals surface area (Å²) in [5, 5.41) is 8.46. The van der Waals surface area contributed by atoms with Crippen LogP contribution in [0.2, 0.25) is 0 Å². The number of hydrogen-bond acceptors (Lipinski definition) is 2. The highest BCUT2D eigenvalue weighted by molar-refractivity contribution is 5.90. The zero-order valence-electron chi connectivity index (χ0n) is 14.0. The Bertz CT molecular complexity index is 794. The summed E-state index contributed by atoms with van der Waals surface area (Å²) in [5.41, 5.74) is 2.22. The second-order valence-electron chi connectivity index (χ2n) is 6.29. The number of carbonyl (C=O) groups excluding carboxylic acids is 1. The van der Waals surface area contributed by atoms with E-state index >= 15 is 0 Å². The van der Waals surface area contributed by atoms with Gasteiger partial charge in [-0.15, -0.1) is 0 Å². The van der Waals surface area contributed by atoms with E-state index in [0.29, 0.717) is 0 Å². The first-order chi connectivity index (χ1) is 12.2. The molecule has 2 N–H and O–H groups in total. The van der Waals surface area contributed by atoms with E-state index in [1.165, 1.54) is 12.1 Å². The van der Waals surface area contributed by atoms with E-state index in [0.717, 1.165) is 36.1 Å². The third kappa shape index (κ3) is 3.97. The Morgan fingerprint density at radius 2 is 1.92 bits per heavy atom. The Morgan fingerprint density at radius 3 is 2.46 bits per heavy atom. The lowest BCUT2D eigenvalue weighted by Crippen LogP contribution is -2.37. The lowest BCUT2D eigenvalue weighted by atomic mass is 9.79. The molecule has 1 aromatic carbocycles. The summed E-state index contributed by atoms with van der Waals surface area (Å²) in [4.78, 5) is 11.8. The van der Waals surface area contributed by atoms with Gasteiger partial charge in [-0.2, -0.15) is 18.3 Å². The zero-order valence-corrected chi connectivity index (χ0v) is 14.0. The van der Waals surface area contributed by atoms with Gasteiger partial charge in [-0.3, -0.25) is 10.00 Å². The second kappa shape index (κ2) is 6.97. The molecule has 1 aliphatic rings. The summed E-state index contributed by atoms with van der Waals surface area (Å²) in [5.74, 6) is 0.0175. The molecule has 2 amide bonds. The standard InChI is InChI=1S/C17H18F4N4O/c1-25-14(11-5-7-12(18)8-6-11)13(10-3-2-4-10)15(24-25)23-16(26)22-9-17(19,20)21/h5-8,10H,2-4,9H2,1H3,(H2,22,23,24,26). The van der Waals surface area contributed by atoms with Crippen LogP contribution in [0.3, 0.4) is 0 Å². The van der Waals surface area contributed by atoms with Crippen LogP contribution in [0.4, 0.5) is 28.2 Å². The van der Waals surface area contributed by atoms with Crippen LogP contribution in [0.5, 0.6) is 0 Å². The van der Waals surface area contributed by atoms with Gasteiger partial charge in [0.05, 0.1) is 5.69 Å². The summed E-state index contributed by atoms with van der Waals surface area (Å²) in [6, 6.07) is 4.92. The van der Waals surface area contributed by atoms with Crippen LogP contribution in [0.1, 0.15) is 30.7 Å². The fraction of sp³-hybridized carbons (Fsp3) is 0.412. The minimum Gasteiger partial charge on any atom is -0.329 e. The predicted octanol–water partition coefficient (Wildman–Crippen LogP) is 4.18. The molecular weight excluding hydrogens is 352 g/mol. The molecule has 0 spiro atoms. The van der Waals surface area contributed by atoms with Crippen molar-refractivity contribution in [1.82, 2.24) is 15.1 Å². The lowest BCUT2D eigenvalue weighted by Gasteiger charge is -2.27. The van der Waals surface area contributed by atoms with Gasteiger partial charge in [-0.1, -0.05) is 6.42 Å². The van der Waals surface area contributed by atoms with Crippen LogP contribution in [0.25, 0.3) is 11.3 Å².